The van der Waals surface area contributed by atoms with E-state index in [-0.39, 0.29) is 18.6 Å². The van der Waals surface area contributed by atoms with E-state index >= 15 is 0 Å². The van der Waals surface area contributed by atoms with E-state index in [4.69, 9.17) is 4.74 Å². The molecule has 3 aromatic rings. The predicted molar refractivity (Wildman–Crippen MR) is 117 cm³/mol. The number of aromatic nitrogens is 1. The second kappa shape index (κ2) is 8.63. The van der Waals surface area contributed by atoms with Crippen molar-refractivity contribution in [2.24, 2.45) is 11.8 Å². The van der Waals surface area contributed by atoms with E-state index in [1.807, 2.05) is 30.3 Å². The van der Waals surface area contributed by atoms with E-state index in [1.165, 1.54) is 17.8 Å². The molecule has 2 aromatic heterocycles. The van der Waals surface area contributed by atoms with Crippen LogP contribution < -0.4 is 5.32 Å². The molecule has 1 fully saturated rings. The summed E-state index contributed by atoms with van der Waals surface area (Å²) in [6.07, 6.45) is 3.32. The number of hydrogen-bond donors (Lipinski definition) is 1. The molecule has 0 radical (unpaired) electrons. The summed E-state index contributed by atoms with van der Waals surface area (Å²) in [4.78, 5) is 30.6. The zero-order valence-electron chi connectivity index (χ0n) is 16.5. The van der Waals surface area contributed by atoms with Gasteiger partial charge in [0, 0.05) is 6.04 Å². The second-order valence-corrected chi connectivity index (χ2v) is 9.78. The van der Waals surface area contributed by atoms with E-state index in [2.05, 4.69) is 24.1 Å². The van der Waals surface area contributed by atoms with Gasteiger partial charge in [-0.3, -0.25) is 4.79 Å². The third-order valence-electron chi connectivity index (χ3n) is 5.70. The third kappa shape index (κ3) is 4.51. The van der Waals surface area contributed by atoms with Crippen LogP contribution in [0.1, 0.15) is 42.8 Å². The van der Waals surface area contributed by atoms with Gasteiger partial charge in [0.2, 0.25) is 0 Å². The summed E-state index contributed by atoms with van der Waals surface area (Å²) < 4.78 is 6.36. The number of thiophene rings is 1. The summed E-state index contributed by atoms with van der Waals surface area (Å²) in [5.41, 5.74) is 0.952. The lowest BCUT2D eigenvalue weighted by Crippen LogP contribution is -2.45. The van der Waals surface area contributed by atoms with Crippen molar-refractivity contribution in [1.29, 1.82) is 0 Å². The molecular formula is C22H24N2O3S2. The van der Waals surface area contributed by atoms with Gasteiger partial charge in [0.15, 0.2) is 6.61 Å². The van der Waals surface area contributed by atoms with Gasteiger partial charge in [-0.2, -0.15) is 0 Å². The molecule has 7 heteroatoms. The van der Waals surface area contributed by atoms with Crippen LogP contribution in [-0.2, 0) is 9.53 Å². The smallest absolute Gasteiger partial charge is 0.348 e. The van der Waals surface area contributed by atoms with E-state index in [1.54, 1.807) is 17.4 Å². The molecule has 29 heavy (non-hydrogen) atoms. The molecule has 1 aromatic carbocycles. The van der Waals surface area contributed by atoms with Gasteiger partial charge in [0.1, 0.15) is 9.88 Å². The number of nitrogens with zero attached hydrogens (tertiary/aromatic N) is 1. The lowest BCUT2D eigenvalue weighted by molar-refractivity contribution is -0.125. The molecule has 1 amide bonds. The number of carbonyl (C=O) groups is 2. The Labute approximate surface area is 178 Å². The van der Waals surface area contributed by atoms with Gasteiger partial charge in [0.05, 0.1) is 15.1 Å². The maximum Gasteiger partial charge on any atom is 0.348 e. The van der Waals surface area contributed by atoms with Crippen LogP contribution in [0.2, 0.25) is 0 Å². The summed E-state index contributed by atoms with van der Waals surface area (Å²) >= 11 is 2.94. The molecule has 0 aliphatic heterocycles. The number of nitrogens with one attached hydrogen (secondary N) is 1. The minimum Gasteiger partial charge on any atom is -0.451 e. The number of esters is 1. The first kappa shape index (κ1) is 20.0. The average molecular weight is 429 g/mol. The number of hydrogen-bond acceptors (Lipinski definition) is 6. The number of ether oxygens (including phenoxy) is 1. The van der Waals surface area contributed by atoms with E-state index in [9.17, 15) is 9.59 Å². The minimum absolute atomic E-state index is 0.164. The lowest BCUT2D eigenvalue weighted by atomic mass is 9.78. The molecule has 0 unspecified atom stereocenters. The third-order valence-corrected chi connectivity index (χ3v) is 7.97. The standard InChI is InChI=1S/C22H24N2O3S2/c1-13-6-5-8-15(14(13)2)23-20(25)12-27-22(26)19-11-10-18(28-19)21-24-16-7-3-4-9-17(16)29-21/h3-4,7,9-11,13-15H,5-6,8,12H2,1-2H3,(H,23,25)/t13-,14+,15-/m1/s1. The molecule has 0 spiro atoms. The quantitative estimate of drug-likeness (QED) is 0.573. The van der Waals surface area contributed by atoms with Crippen molar-refractivity contribution < 1.29 is 14.3 Å². The van der Waals surface area contributed by atoms with Crippen molar-refractivity contribution in [2.45, 2.75) is 39.2 Å². The number of benzene rings is 1. The molecule has 3 atom stereocenters. The van der Waals surface area contributed by atoms with E-state index in [0.29, 0.717) is 16.7 Å². The minimum atomic E-state index is -0.470. The SMILES string of the molecule is C[C@H]1[C@H](C)CCC[C@H]1NC(=O)COC(=O)c1ccc(-c2nc3ccccc3s2)s1. The fourth-order valence-corrected chi connectivity index (χ4v) is 5.70. The molecule has 1 aliphatic rings. The first-order chi connectivity index (χ1) is 14.0. The Morgan fingerprint density at radius 3 is 2.79 bits per heavy atom. The van der Waals surface area contributed by atoms with Gasteiger partial charge >= 0.3 is 5.97 Å². The summed E-state index contributed by atoms with van der Waals surface area (Å²) in [5.74, 6) is 0.343. The van der Waals surface area contributed by atoms with Crippen LogP contribution in [0.5, 0.6) is 0 Å². The van der Waals surface area contributed by atoms with Crippen molar-refractivity contribution in [2.75, 3.05) is 6.61 Å². The van der Waals surface area contributed by atoms with Crippen LogP contribution >= 0.6 is 22.7 Å². The highest BCUT2D eigenvalue weighted by Gasteiger charge is 2.28. The highest BCUT2D eigenvalue weighted by atomic mass is 32.1. The maximum absolute atomic E-state index is 12.4. The van der Waals surface area contributed by atoms with Crippen molar-refractivity contribution >= 4 is 44.8 Å². The highest BCUT2D eigenvalue weighted by Crippen LogP contribution is 2.34. The van der Waals surface area contributed by atoms with Crippen molar-refractivity contribution in [3.8, 4) is 9.88 Å². The molecule has 2 heterocycles. The first-order valence-corrected chi connectivity index (χ1v) is 11.6. The summed E-state index contributed by atoms with van der Waals surface area (Å²) in [5, 5.41) is 3.91. The summed E-state index contributed by atoms with van der Waals surface area (Å²) in [6, 6.07) is 11.7. The van der Waals surface area contributed by atoms with Crippen LogP contribution in [0.4, 0.5) is 0 Å². The number of para-hydroxylation sites is 1. The predicted octanol–water partition coefficient (Wildman–Crippen LogP) is 5.12. The van der Waals surface area contributed by atoms with Gasteiger partial charge < -0.3 is 10.1 Å². The molecule has 5 nitrogen and oxygen atoms in total. The van der Waals surface area contributed by atoms with Crippen LogP contribution in [0.25, 0.3) is 20.1 Å². The lowest BCUT2D eigenvalue weighted by Gasteiger charge is -2.34. The maximum atomic E-state index is 12.4. The van der Waals surface area contributed by atoms with E-state index in [0.717, 1.165) is 32.9 Å². The monoisotopic (exact) mass is 428 g/mol. The second-order valence-electron chi connectivity index (χ2n) is 7.67. The highest BCUT2D eigenvalue weighted by molar-refractivity contribution is 7.26. The Kier molecular flexibility index (Phi) is 5.96. The van der Waals surface area contributed by atoms with Gasteiger partial charge in [-0.05, 0) is 42.5 Å². The van der Waals surface area contributed by atoms with Gasteiger partial charge in [-0.15, -0.1) is 22.7 Å². The average Bonchev–Trinajstić information content (AvgIpc) is 3.36. The molecule has 152 valence electrons. The number of amides is 1. The molecule has 4 rings (SSSR count). The molecule has 1 N–H and O–H groups in total. The van der Waals surface area contributed by atoms with Gasteiger partial charge in [-0.1, -0.05) is 38.8 Å². The Morgan fingerprint density at radius 2 is 1.97 bits per heavy atom. The number of fused-ring (bicyclic) bond motifs is 1. The topological polar surface area (TPSA) is 68.3 Å². The molecule has 0 saturated heterocycles. The summed E-state index contributed by atoms with van der Waals surface area (Å²) in [7, 11) is 0. The van der Waals surface area contributed by atoms with Crippen LogP contribution in [0.15, 0.2) is 36.4 Å². The normalized spacial score (nSPS) is 21.8. The van der Waals surface area contributed by atoms with Crippen LogP contribution in [0.3, 0.4) is 0 Å². The number of thiazole rings is 1. The Morgan fingerprint density at radius 1 is 1.14 bits per heavy atom. The van der Waals surface area contributed by atoms with Crippen molar-refractivity contribution in [3.63, 3.8) is 0 Å². The molecule has 0 bridgehead atoms. The van der Waals surface area contributed by atoms with Crippen molar-refractivity contribution in [1.82, 2.24) is 10.3 Å². The van der Waals surface area contributed by atoms with Crippen LogP contribution in [0, 0.1) is 11.8 Å². The Hall–Kier alpha value is -2.25. The zero-order valence-corrected chi connectivity index (χ0v) is 18.1. The first-order valence-electron chi connectivity index (χ1n) is 9.93. The number of carbonyl (C=O) groups excluding carboxylic acids is 2. The van der Waals surface area contributed by atoms with Gasteiger partial charge in [0.25, 0.3) is 5.91 Å². The molecule has 1 aliphatic carbocycles. The largest absolute Gasteiger partial charge is 0.451 e. The summed E-state index contributed by atoms with van der Waals surface area (Å²) in [6.45, 7) is 4.16. The van der Waals surface area contributed by atoms with Gasteiger partial charge in [-0.25, -0.2) is 9.78 Å². The fourth-order valence-electron chi connectivity index (χ4n) is 3.78. The van der Waals surface area contributed by atoms with Crippen molar-refractivity contribution in [3.05, 3.63) is 41.3 Å². The van der Waals surface area contributed by atoms with Crippen LogP contribution in [-0.4, -0.2) is 29.5 Å². The Balaban J connectivity index is 1.34. The number of rotatable bonds is 5. The molecule has 1 saturated carbocycles. The Bertz CT molecular complexity index is 993. The molecular weight excluding hydrogens is 404 g/mol. The fraction of sp³-hybridized carbons (Fsp3) is 0.409. The van der Waals surface area contributed by atoms with E-state index < -0.39 is 5.97 Å². The zero-order chi connectivity index (χ0) is 20.4.